The molecule has 0 atom stereocenters. The largest absolute Gasteiger partial charge is 0.504 e. The van der Waals surface area contributed by atoms with Crippen LogP contribution < -0.4 is 0 Å². The predicted molar refractivity (Wildman–Crippen MR) is 53.0 cm³/mol. The van der Waals surface area contributed by atoms with Crippen LogP contribution in [0.4, 0.5) is 0 Å². The van der Waals surface area contributed by atoms with Crippen LogP contribution in [0.2, 0.25) is 0 Å². The van der Waals surface area contributed by atoms with Gasteiger partial charge in [0.25, 0.3) is 0 Å². The molecule has 0 saturated heterocycles. The molecule has 0 amide bonds. The van der Waals surface area contributed by atoms with Crippen molar-refractivity contribution in [3.05, 3.63) is 11.4 Å². The summed E-state index contributed by atoms with van der Waals surface area (Å²) in [5, 5.41) is 14.2. The minimum atomic E-state index is 0.290. The lowest BCUT2D eigenvalue weighted by atomic mass is 10.1. The zero-order valence-electron chi connectivity index (χ0n) is 8.83. The van der Waals surface area contributed by atoms with E-state index >= 15 is 0 Å². The van der Waals surface area contributed by atoms with Crippen LogP contribution >= 0.6 is 0 Å². The molecule has 0 radical (unpaired) electrons. The minimum Gasteiger partial charge on any atom is -0.504 e. The average Bonchev–Trinajstić information content (AvgIpc) is 2.41. The Balaban J connectivity index is 3.18. The van der Waals surface area contributed by atoms with Crippen LogP contribution in [0.5, 0.6) is 5.75 Å². The second-order valence-electron chi connectivity index (χ2n) is 3.50. The molecule has 0 fully saturated rings. The number of aryl methyl sites for hydroxylation is 1. The smallest absolute Gasteiger partial charge is 0.160 e. The topological polar surface area (TPSA) is 38.1 Å². The molecule has 0 spiro atoms. The van der Waals surface area contributed by atoms with Gasteiger partial charge in [-0.25, -0.2) is 0 Å². The van der Waals surface area contributed by atoms with E-state index in [2.05, 4.69) is 5.10 Å². The summed E-state index contributed by atoms with van der Waals surface area (Å²) in [5.74, 6) is 0.678. The van der Waals surface area contributed by atoms with Gasteiger partial charge in [0.2, 0.25) is 0 Å². The van der Waals surface area contributed by atoms with Gasteiger partial charge in [-0.05, 0) is 13.3 Å². The van der Waals surface area contributed by atoms with Crippen molar-refractivity contribution < 1.29 is 5.11 Å². The Morgan fingerprint density at radius 1 is 1.38 bits per heavy atom. The molecule has 0 aliphatic heterocycles. The van der Waals surface area contributed by atoms with Crippen LogP contribution in [-0.2, 0) is 13.0 Å². The van der Waals surface area contributed by atoms with Gasteiger partial charge >= 0.3 is 0 Å². The van der Waals surface area contributed by atoms with Crippen molar-refractivity contribution >= 4 is 0 Å². The Labute approximate surface area is 79.4 Å². The Kier molecular flexibility index (Phi) is 2.96. The highest BCUT2D eigenvalue weighted by molar-refractivity contribution is 5.34. The first-order valence-corrected chi connectivity index (χ1v) is 4.90. The van der Waals surface area contributed by atoms with Gasteiger partial charge in [0.1, 0.15) is 5.69 Å². The second-order valence-corrected chi connectivity index (χ2v) is 3.50. The van der Waals surface area contributed by atoms with E-state index in [0.29, 0.717) is 5.75 Å². The summed E-state index contributed by atoms with van der Waals surface area (Å²) in [5.41, 5.74) is 1.77. The van der Waals surface area contributed by atoms with Crippen LogP contribution in [0.3, 0.4) is 0 Å². The number of aromatic hydroxyl groups is 1. The maximum atomic E-state index is 9.83. The fraction of sp³-hybridized carbons (Fsp3) is 0.700. The third-order valence-corrected chi connectivity index (χ3v) is 2.24. The zero-order valence-corrected chi connectivity index (χ0v) is 8.83. The number of hydrogen-bond donors (Lipinski definition) is 1. The van der Waals surface area contributed by atoms with Gasteiger partial charge in [-0.2, -0.15) is 5.10 Å². The maximum Gasteiger partial charge on any atom is 0.160 e. The van der Waals surface area contributed by atoms with E-state index in [1.165, 1.54) is 0 Å². The van der Waals surface area contributed by atoms with Crippen LogP contribution in [0.15, 0.2) is 0 Å². The Morgan fingerprint density at radius 3 is 2.31 bits per heavy atom. The molecular formula is C10H18N2O. The first-order chi connectivity index (χ1) is 6.11. The Morgan fingerprint density at radius 2 is 2.00 bits per heavy atom. The molecule has 0 bridgehead atoms. The summed E-state index contributed by atoms with van der Waals surface area (Å²) in [6, 6.07) is 0. The highest BCUT2D eigenvalue weighted by Crippen LogP contribution is 2.28. The SMILES string of the molecule is CCc1c(O)c(C(C)C)nn1CC. The molecule has 1 aromatic rings. The van der Waals surface area contributed by atoms with Crippen molar-refractivity contribution in [1.82, 2.24) is 9.78 Å². The fourth-order valence-corrected chi connectivity index (χ4v) is 1.51. The molecule has 13 heavy (non-hydrogen) atoms. The number of aromatic nitrogens is 2. The van der Waals surface area contributed by atoms with E-state index in [4.69, 9.17) is 0 Å². The predicted octanol–water partition coefficient (Wildman–Crippen LogP) is 2.29. The first kappa shape index (κ1) is 10.1. The molecule has 1 N–H and O–H groups in total. The number of hydrogen-bond acceptors (Lipinski definition) is 2. The lowest BCUT2D eigenvalue weighted by molar-refractivity contribution is 0.456. The molecule has 3 nitrogen and oxygen atoms in total. The third-order valence-electron chi connectivity index (χ3n) is 2.24. The highest BCUT2D eigenvalue weighted by atomic mass is 16.3. The van der Waals surface area contributed by atoms with Crippen molar-refractivity contribution in [2.75, 3.05) is 0 Å². The van der Waals surface area contributed by atoms with Crippen LogP contribution in [0, 0.1) is 0 Å². The normalized spacial score (nSPS) is 11.2. The van der Waals surface area contributed by atoms with Crippen LogP contribution in [0.1, 0.15) is 45.0 Å². The summed E-state index contributed by atoms with van der Waals surface area (Å²) in [7, 11) is 0. The van der Waals surface area contributed by atoms with Gasteiger partial charge in [0.15, 0.2) is 5.75 Å². The molecule has 0 unspecified atom stereocenters. The summed E-state index contributed by atoms with van der Waals surface area (Å²) < 4.78 is 1.88. The van der Waals surface area contributed by atoms with Crippen molar-refractivity contribution in [2.45, 2.75) is 46.6 Å². The van der Waals surface area contributed by atoms with Crippen LogP contribution in [0.25, 0.3) is 0 Å². The maximum absolute atomic E-state index is 9.83. The third kappa shape index (κ3) is 1.69. The molecule has 0 aromatic carbocycles. The molecular weight excluding hydrogens is 164 g/mol. The minimum absolute atomic E-state index is 0.290. The van der Waals surface area contributed by atoms with Crippen molar-refractivity contribution in [3.63, 3.8) is 0 Å². The van der Waals surface area contributed by atoms with Crippen LogP contribution in [-0.4, -0.2) is 14.9 Å². The Bertz CT molecular complexity index is 289. The molecule has 0 aliphatic carbocycles. The highest BCUT2D eigenvalue weighted by Gasteiger charge is 2.16. The van der Waals surface area contributed by atoms with E-state index in [1.807, 2.05) is 32.4 Å². The monoisotopic (exact) mass is 182 g/mol. The van der Waals surface area contributed by atoms with Gasteiger partial charge in [0.05, 0.1) is 5.69 Å². The number of nitrogens with zero attached hydrogens (tertiary/aromatic N) is 2. The molecule has 0 saturated carbocycles. The average molecular weight is 182 g/mol. The van der Waals surface area contributed by atoms with Gasteiger partial charge in [0, 0.05) is 12.5 Å². The molecule has 3 heteroatoms. The first-order valence-electron chi connectivity index (χ1n) is 4.90. The lowest BCUT2D eigenvalue weighted by Crippen LogP contribution is -2.01. The van der Waals surface area contributed by atoms with Gasteiger partial charge in [-0.1, -0.05) is 20.8 Å². The van der Waals surface area contributed by atoms with E-state index in [0.717, 1.165) is 24.4 Å². The summed E-state index contributed by atoms with van der Waals surface area (Å²) in [6.07, 6.45) is 0.833. The van der Waals surface area contributed by atoms with E-state index < -0.39 is 0 Å². The quantitative estimate of drug-likeness (QED) is 0.778. The molecule has 1 rings (SSSR count). The second kappa shape index (κ2) is 3.81. The zero-order chi connectivity index (χ0) is 10.0. The van der Waals surface area contributed by atoms with Gasteiger partial charge in [-0.3, -0.25) is 4.68 Å². The number of rotatable bonds is 3. The van der Waals surface area contributed by atoms with Crippen molar-refractivity contribution in [3.8, 4) is 5.75 Å². The van der Waals surface area contributed by atoms with E-state index in [1.54, 1.807) is 0 Å². The summed E-state index contributed by atoms with van der Waals surface area (Å²) in [6.45, 7) is 8.98. The molecule has 1 aromatic heterocycles. The van der Waals surface area contributed by atoms with E-state index in [-0.39, 0.29) is 5.92 Å². The lowest BCUT2D eigenvalue weighted by Gasteiger charge is -2.00. The Hall–Kier alpha value is -0.990. The molecule has 74 valence electrons. The molecule has 0 aliphatic rings. The van der Waals surface area contributed by atoms with E-state index in [9.17, 15) is 5.11 Å². The van der Waals surface area contributed by atoms with Gasteiger partial charge in [-0.15, -0.1) is 0 Å². The summed E-state index contributed by atoms with van der Waals surface area (Å²) in [4.78, 5) is 0. The molecule has 1 heterocycles. The standard InChI is InChI=1S/C10H18N2O/c1-5-8-10(13)9(7(3)4)11-12(8)6-2/h7,13H,5-6H2,1-4H3. The van der Waals surface area contributed by atoms with Gasteiger partial charge < -0.3 is 5.11 Å². The van der Waals surface area contributed by atoms with Crippen molar-refractivity contribution in [2.24, 2.45) is 0 Å². The fourth-order valence-electron chi connectivity index (χ4n) is 1.51. The summed E-state index contributed by atoms with van der Waals surface area (Å²) >= 11 is 0. The van der Waals surface area contributed by atoms with Crippen molar-refractivity contribution in [1.29, 1.82) is 0 Å².